The van der Waals surface area contributed by atoms with Crippen molar-refractivity contribution in [2.24, 2.45) is 7.05 Å². The highest BCUT2D eigenvalue weighted by molar-refractivity contribution is 9.10. The van der Waals surface area contributed by atoms with Crippen molar-refractivity contribution >= 4 is 27.5 Å². The van der Waals surface area contributed by atoms with Crippen molar-refractivity contribution in [2.75, 3.05) is 0 Å². The van der Waals surface area contributed by atoms with Crippen LogP contribution in [0.5, 0.6) is 0 Å². The molecule has 1 heterocycles. The van der Waals surface area contributed by atoms with E-state index in [9.17, 15) is 5.11 Å². The Balaban J connectivity index is 2.15. The Morgan fingerprint density at radius 3 is 2.82 bits per heavy atom. The van der Waals surface area contributed by atoms with E-state index in [0.29, 0.717) is 17.1 Å². The molecule has 1 atom stereocenters. The van der Waals surface area contributed by atoms with Crippen molar-refractivity contribution < 1.29 is 5.11 Å². The summed E-state index contributed by atoms with van der Waals surface area (Å²) in [5.41, 5.74) is 1.57. The van der Waals surface area contributed by atoms with Crippen LogP contribution in [0.15, 0.2) is 34.9 Å². The average Bonchev–Trinajstić information content (AvgIpc) is 2.69. The molecule has 1 unspecified atom stereocenters. The lowest BCUT2D eigenvalue weighted by atomic mass is 10.1. The van der Waals surface area contributed by atoms with Gasteiger partial charge in [-0.3, -0.25) is 4.68 Å². The largest absolute Gasteiger partial charge is 0.386 e. The minimum absolute atomic E-state index is 0.461. The molecule has 0 fully saturated rings. The molecule has 0 saturated heterocycles. The Labute approximate surface area is 113 Å². The summed E-state index contributed by atoms with van der Waals surface area (Å²) in [6.07, 6.45) is 1.64. The van der Waals surface area contributed by atoms with Crippen molar-refractivity contribution in [1.29, 1.82) is 0 Å². The molecule has 1 aromatic carbocycles. The van der Waals surface area contributed by atoms with Gasteiger partial charge in [-0.25, -0.2) is 0 Å². The fraction of sp³-hybridized carbons (Fsp3) is 0.250. The van der Waals surface area contributed by atoms with Crippen LogP contribution in [0.25, 0.3) is 0 Å². The van der Waals surface area contributed by atoms with E-state index >= 15 is 0 Å². The molecule has 0 amide bonds. The average molecular weight is 316 g/mol. The van der Waals surface area contributed by atoms with Gasteiger partial charge in [0, 0.05) is 29.2 Å². The Morgan fingerprint density at radius 2 is 2.24 bits per heavy atom. The molecule has 0 spiro atoms. The lowest BCUT2D eigenvalue weighted by Gasteiger charge is -2.09. The number of hydrogen-bond donors (Lipinski definition) is 1. The fourth-order valence-electron chi connectivity index (χ4n) is 1.61. The minimum atomic E-state index is -0.630. The van der Waals surface area contributed by atoms with Gasteiger partial charge < -0.3 is 5.11 Å². The number of nitrogens with zero attached hydrogens (tertiary/aromatic N) is 2. The molecule has 90 valence electrons. The third-order valence-corrected chi connectivity index (χ3v) is 3.35. The van der Waals surface area contributed by atoms with Crippen LogP contribution in [0, 0.1) is 0 Å². The SMILES string of the molecule is Cn1ccc(C(O)Cc2ccc(Br)cc2Cl)n1. The Bertz CT molecular complexity index is 527. The number of benzene rings is 1. The van der Waals surface area contributed by atoms with Crippen molar-refractivity contribution in [2.45, 2.75) is 12.5 Å². The summed E-state index contributed by atoms with van der Waals surface area (Å²) in [6.45, 7) is 0. The minimum Gasteiger partial charge on any atom is -0.386 e. The number of aromatic nitrogens is 2. The summed E-state index contributed by atoms with van der Waals surface area (Å²) in [5.74, 6) is 0. The van der Waals surface area contributed by atoms with Crippen molar-refractivity contribution in [3.05, 3.63) is 51.2 Å². The second kappa shape index (κ2) is 5.21. The van der Waals surface area contributed by atoms with Gasteiger partial charge in [0.1, 0.15) is 6.10 Å². The molecule has 2 aromatic rings. The lowest BCUT2D eigenvalue weighted by Crippen LogP contribution is -2.04. The van der Waals surface area contributed by atoms with E-state index < -0.39 is 6.10 Å². The van der Waals surface area contributed by atoms with Crippen LogP contribution >= 0.6 is 27.5 Å². The third kappa shape index (κ3) is 3.09. The quantitative estimate of drug-likeness (QED) is 0.945. The molecule has 3 nitrogen and oxygen atoms in total. The normalized spacial score (nSPS) is 12.7. The molecule has 0 aliphatic heterocycles. The van der Waals surface area contributed by atoms with E-state index in [0.717, 1.165) is 10.0 Å². The molecule has 1 N–H and O–H groups in total. The molecule has 0 saturated carbocycles. The van der Waals surface area contributed by atoms with Crippen LogP contribution in [0.3, 0.4) is 0 Å². The molecular formula is C12H12BrClN2O. The van der Waals surface area contributed by atoms with E-state index in [2.05, 4.69) is 21.0 Å². The van der Waals surface area contributed by atoms with Crippen LogP contribution in [0.2, 0.25) is 5.02 Å². The Hall–Kier alpha value is -0.840. The Kier molecular flexibility index (Phi) is 3.86. The molecule has 2 rings (SSSR count). The summed E-state index contributed by atoms with van der Waals surface area (Å²) in [6, 6.07) is 7.43. The smallest absolute Gasteiger partial charge is 0.102 e. The van der Waals surface area contributed by atoms with Crippen LogP contribution in [0.4, 0.5) is 0 Å². The zero-order valence-electron chi connectivity index (χ0n) is 9.27. The molecule has 0 bridgehead atoms. The first-order valence-corrected chi connectivity index (χ1v) is 6.35. The summed E-state index contributed by atoms with van der Waals surface area (Å²) in [7, 11) is 1.82. The van der Waals surface area contributed by atoms with Gasteiger partial charge in [-0.2, -0.15) is 5.10 Å². The van der Waals surface area contributed by atoms with Gasteiger partial charge >= 0.3 is 0 Å². The topological polar surface area (TPSA) is 38.0 Å². The van der Waals surface area contributed by atoms with Crippen molar-refractivity contribution in [1.82, 2.24) is 9.78 Å². The second-order valence-electron chi connectivity index (χ2n) is 3.87. The first-order valence-electron chi connectivity index (χ1n) is 5.18. The maximum atomic E-state index is 10.0. The van der Waals surface area contributed by atoms with Gasteiger partial charge in [0.2, 0.25) is 0 Å². The zero-order chi connectivity index (χ0) is 12.4. The van der Waals surface area contributed by atoms with Gasteiger partial charge in [0.25, 0.3) is 0 Å². The van der Waals surface area contributed by atoms with Crippen LogP contribution in [-0.2, 0) is 13.5 Å². The van der Waals surface area contributed by atoms with Gasteiger partial charge in [-0.05, 0) is 23.8 Å². The second-order valence-corrected chi connectivity index (χ2v) is 5.19. The van der Waals surface area contributed by atoms with E-state index in [1.807, 2.05) is 31.4 Å². The number of aliphatic hydroxyl groups excluding tert-OH is 1. The highest BCUT2D eigenvalue weighted by atomic mass is 79.9. The predicted molar refractivity (Wildman–Crippen MR) is 71.0 cm³/mol. The van der Waals surface area contributed by atoms with Crippen molar-refractivity contribution in [3.8, 4) is 0 Å². The monoisotopic (exact) mass is 314 g/mol. The van der Waals surface area contributed by atoms with Gasteiger partial charge in [0.15, 0.2) is 0 Å². The van der Waals surface area contributed by atoms with Gasteiger partial charge in [-0.1, -0.05) is 33.6 Å². The molecular weight excluding hydrogens is 304 g/mol. The van der Waals surface area contributed by atoms with E-state index in [4.69, 9.17) is 11.6 Å². The maximum absolute atomic E-state index is 10.0. The highest BCUT2D eigenvalue weighted by Gasteiger charge is 2.13. The van der Waals surface area contributed by atoms with Crippen LogP contribution in [0.1, 0.15) is 17.4 Å². The predicted octanol–water partition coefficient (Wildman–Crippen LogP) is 3.11. The number of hydrogen-bond acceptors (Lipinski definition) is 2. The summed E-state index contributed by atoms with van der Waals surface area (Å²) >= 11 is 9.45. The fourth-order valence-corrected chi connectivity index (χ4v) is 2.36. The van der Waals surface area contributed by atoms with Crippen LogP contribution in [-0.4, -0.2) is 14.9 Å². The van der Waals surface area contributed by atoms with E-state index in [-0.39, 0.29) is 0 Å². The highest BCUT2D eigenvalue weighted by Crippen LogP contribution is 2.25. The molecule has 0 aliphatic carbocycles. The number of halogens is 2. The van der Waals surface area contributed by atoms with Gasteiger partial charge in [0.05, 0.1) is 5.69 Å². The third-order valence-electron chi connectivity index (χ3n) is 2.50. The summed E-state index contributed by atoms with van der Waals surface area (Å²) in [5, 5.41) is 14.9. The molecule has 17 heavy (non-hydrogen) atoms. The molecule has 1 aromatic heterocycles. The maximum Gasteiger partial charge on any atom is 0.102 e. The van der Waals surface area contributed by atoms with Crippen molar-refractivity contribution in [3.63, 3.8) is 0 Å². The summed E-state index contributed by atoms with van der Waals surface area (Å²) < 4.78 is 2.60. The van der Waals surface area contributed by atoms with E-state index in [1.54, 1.807) is 10.7 Å². The lowest BCUT2D eigenvalue weighted by molar-refractivity contribution is 0.173. The Morgan fingerprint density at radius 1 is 1.47 bits per heavy atom. The molecule has 0 aliphatic rings. The molecule has 5 heteroatoms. The summed E-state index contributed by atoms with van der Waals surface area (Å²) in [4.78, 5) is 0. The van der Waals surface area contributed by atoms with Crippen LogP contribution < -0.4 is 0 Å². The number of rotatable bonds is 3. The van der Waals surface area contributed by atoms with Gasteiger partial charge in [-0.15, -0.1) is 0 Å². The number of aryl methyl sites for hydroxylation is 1. The zero-order valence-corrected chi connectivity index (χ0v) is 11.6. The first-order chi connectivity index (χ1) is 8.06. The molecule has 0 radical (unpaired) electrons. The van der Waals surface area contributed by atoms with E-state index in [1.165, 1.54) is 0 Å². The first kappa shape index (κ1) is 12.6. The standard InChI is InChI=1S/C12H12BrClN2O/c1-16-5-4-11(15-16)12(17)6-8-2-3-9(13)7-10(8)14/h2-5,7,12,17H,6H2,1H3. The number of aliphatic hydroxyl groups is 1.